The first-order valence-corrected chi connectivity index (χ1v) is 7.91. The number of ether oxygens (including phenoxy) is 1. The van der Waals surface area contributed by atoms with Gasteiger partial charge < -0.3 is 9.15 Å². The Hall–Kier alpha value is -2.28. The maximum Gasteiger partial charge on any atom is 0.329 e. The normalized spacial score (nSPS) is 18.7. The van der Waals surface area contributed by atoms with Crippen LogP contribution >= 0.6 is 11.8 Å². The fourth-order valence-electron chi connectivity index (χ4n) is 2.03. The summed E-state index contributed by atoms with van der Waals surface area (Å²) in [5.41, 5.74) is 0.759. The summed E-state index contributed by atoms with van der Waals surface area (Å²) in [7, 11) is 0. The third-order valence-corrected chi connectivity index (χ3v) is 3.99. The van der Waals surface area contributed by atoms with Crippen molar-refractivity contribution in [2.45, 2.75) is 26.8 Å². The van der Waals surface area contributed by atoms with Gasteiger partial charge in [0.05, 0.1) is 17.8 Å². The van der Waals surface area contributed by atoms with Gasteiger partial charge in [-0.3, -0.25) is 14.5 Å². The van der Waals surface area contributed by atoms with Crippen LogP contribution in [0.2, 0.25) is 0 Å². The molecule has 1 fully saturated rings. The highest BCUT2D eigenvalue weighted by Gasteiger charge is 2.41. The van der Waals surface area contributed by atoms with Crippen molar-refractivity contribution in [1.82, 2.24) is 4.90 Å². The second kappa shape index (κ2) is 7.32. The predicted octanol–water partition coefficient (Wildman–Crippen LogP) is 3.21. The summed E-state index contributed by atoms with van der Waals surface area (Å²) < 4.78 is 10.1. The Morgan fingerprint density at radius 2 is 2.22 bits per heavy atom. The topological polar surface area (TPSA) is 76.8 Å². The van der Waals surface area contributed by atoms with E-state index < -0.39 is 23.2 Å². The number of hydrogen-bond acceptors (Lipinski definition) is 6. The summed E-state index contributed by atoms with van der Waals surface area (Å²) in [6.07, 6.45) is 4.90. The van der Waals surface area contributed by atoms with Crippen molar-refractivity contribution in [2.75, 3.05) is 6.61 Å². The SMILES string of the molecule is CCOC(=O)[C@@H](C)N1C(=O)S/C(=C/C(C)=C/c2ccco2)C1=O. The number of thioether (sulfide) groups is 1. The molecule has 0 radical (unpaired) electrons. The second-order valence-electron chi connectivity index (χ2n) is 4.88. The number of nitrogens with zero attached hydrogens (tertiary/aromatic N) is 1. The van der Waals surface area contributed by atoms with Crippen LogP contribution < -0.4 is 0 Å². The van der Waals surface area contributed by atoms with Gasteiger partial charge in [-0.05, 0) is 62.4 Å². The summed E-state index contributed by atoms with van der Waals surface area (Å²) in [5.74, 6) is -0.440. The fraction of sp³-hybridized carbons (Fsp3) is 0.312. The van der Waals surface area contributed by atoms with Gasteiger partial charge in [-0.2, -0.15) is 0 Å². The molecule has 1 aromatic heterocycles. The largest absolute Gasteiger partial charge is 0.465 e. The Bertz CT molecular complexity index is 675. The van der Waals surface area contributed by atoms with Crippen LogP contribution in [0.25, 0.3) is 6.08 Å². The van der Waals surface area contributed by atoms with Crippen LogP contribution in [0.15, 0.2) is 39.4 Å². The molecule has 1 saturated heterocycles. The highest BCUT2D eigenvalue weighted by molar-refractivity contribution is 8.18. The number of carbonyl (C=O) groups is 3. The molecular weight excluding hydrogens is 318 g/mol. The molecule has 1 aliphatic rings. The van der Waals surface area contributed by atoms with Crippen LogP contribution in [0.1, 0.15) is 26.5 Å². The van der Waals surface area contributed by atoms with Gasteiger partial charge in [0, 0.05) is 0 Å². The number of hydrogen-bond donors (Lipinski definition) is 0. The number of carbonyl (C=O) groups excluding carboxylic acids is 3. The third-order valence-electron chi connectivity index (χ3n) is 3.11. The lowest BCUT2D eigenvalue weighted by Crippen LogP contribution is -2.42. The fourth-order valence-corrected chi connectivity index (χ4v) is 2.99. The summed E-state index contributed by atoms with van der Waals surface area (Å²) in [6.45, 7) is 5.13. The quantitative estimate of drug-likeness (QED) is 0.607. The van der Waals surface area contributed by atoms with Gasteiger partial charge in [-0.15, -0.1) is 0 Å². The van der Waals surface area contributed by atoms with Gasteiger partial charge in [0.15, 0.2) is 0 Å². The van der Waals surface area contributed by atoms with Gasteiger partial charge in [0.1, 0.15) is 11.8 Å². The average Bonchev–Trinajstić information content (AvgIpc) is 3.08. The van der Waals surface area contributed by atoms with Crippen LogP contribution in [0.5, 0.6) is 0 Å². The van der Waals surface area contributed by atoms with Crippen molar-refractivity contribution in [1.29, 1.82) is 0 Å². The second-order valence-corrected chi connectivity index (χ2v) is 5.88. The van der Waals surface area contributed by atoms with Crippen LogP contribution in [0.4, 0.5) is 4.79 Å². The Kier molecular flexibility index (Phi) is 5.44. The molecule has 0 saturated carbocycles. The minimum absolute atomic E-state index is 0.195. The Balaban J connectivity index is 2.17. The highest BCUT2D eigenvalue weighted by atomic mass is 32.2. The first-order chi connectivity index (χ1) is 10.9. The van der Waals surface area contributed by atoms with Crippen molar-refractivity contribution < 1.29 is 23.5 Å². The number of furan rings is 1. The Morgan fingerprint density at radius 3 is 2.83 bits per heavy atom. The molecule has 0 aromatic carbocycles. The van der Waals surface area contributed by atoms with Crippen molar-refractivity contribution in [2.24, 2.45) is 0 Å². The summed E-state index contributed by atoms with van der Waals surface area (Å²) >= 11 is 0.806. The van der Waals surface area contributed by atoms with Crippen molar-refractivity contribution in [3.05, 3.63) is 40.7 Å². The summed E-state index contributed by atoms with van der Waals surface area (Å²) in [6, 6.07) is 2.60. The van der Waals surface area contributed by atoms with Gasteiger partial charge in [0.2, 0.25) is 0 Å². The van der Waals surface area contributed by atoms with E-state index in [4.69, 9.17) is 9.15 Å². The maximum absolute atomic E-state index is 12.4. The molecule has 0 N–H and O–H groups in total. The summed E-state index contributed by atoms with van der Waals surface area (Å²) in [4.78, 5) is 37.3. The molecule has 2 amide bonds. The Labute approximate surface area is 138 Å². The van der Waals surface area contributed by atoms with E-state index in [9.17, 15) is 14.4 Å². The molecule has 6 nitrogen and oxygen atoms in total. The van der Waals surface area contributed by atoms with Gasteiger partial charge in [-0.25, -0.2) is 4.79 Å². The zero-order chi connectivity index (χ0) is 17.0. The monoisotopic (exact) mass is 335 g/mol. The molecule has 122 valence electrons. The van der Waals surface area contributed by atoms with Crippen molar-refractivity contribution in [3.8, 4) is 0 Å². The number of allylic oxidation sites excluding steroid dienone is 2. The third kappa shape index (κ3) is 3.92. The lowest BCUT2D eigenvalue weighted by atomic mass is 10.2. The molecule has 23 heavy (non-hydrogen) atoms. The molecule has 0 spiro atoms. The zero-order valence-corrected chi connectivity index (χ0v) is 13.9. The molecule has 1 aliphatic heterocycles. The standard InChI is InChI=1S/C16H17NO5S/c1-4-21-15(19)11(3)17-14(18)13(23-16(17)20)9-10(2)8-12-6-5-7-22-12/h5-9,11H,4H2,1-3H3/b10-8+,13-9+/t11-/m1/s1. The van der Waals surface area contributed by atoms with Gasteiger partial charge in [-0.1, -0.05) is 0 Å². The first kappa shape index (κ1) is 17.1. The van der Waals surface area contributed by atoms with E-state index in [1.807, 2.05) is 0 Å². The van der Waals surface area contributed by atoms with Crippen molar-refractivity contribution >= 4 is 35.0 Å². The summed E-state index contributed by atoms with van der Waals surface area (Å²) in [5, 5.41) is -0.479. The van der Waals surface area contributed by atoms with E-state index in [1.165, 1.54) is 6.92 Å². The van der Waals surface area contributed by atoms with E-state index in [0.717, 1.165) is 22.2 Å². The lowest BCUT2D eigenvalue weighted by molar-refractivity contribution is -0.150. The molecule has 0 aliphatic carbocycles. The van der Waals surface area contributed by atoms with E-state index >= 15 is 0 Å². The number of amides is 2. The minimum atomic E-state index is -0.942. The minimum Gasteiger partial charge on any atom is -0.465 e. The van der Waals surface area contributed by atoms with Crippen molar-refractivity contribution in [3.63, 3.8) is 0 Å². The smallest absolute Gasteiger partial charge is 0.329 e. The zero-order valence-electron chi connectivity index (χ0n) is 13.1. The molecular formula is C16H17NO5S. The van der Waals surface area contributed by atoms with Gasteiger partial charge in [0.25, 0.3) is 11.1 Å². The number of esters is 1. The van der Waals surface area contributed by atoms with Crippen LogP contribution in [0.3, 0.4) is 0 Å². The molecule has 1 atom stereocenters. The van der Waals surface area contributed by atoms with E-state index in [1.54, 1.807) is 44.4 Å². The molecule has 0 unspecified atom stereocenters. The van der Waals surface area contributed by atoms with Crippen LogP contribution in [-0.2, 0) is 14.3 Å². The lowest BCUT2D eigenvalue weighted by Gasteiger charge is -2.19. The molecule has 0 bridgehead atoms. The van der Waals surface area contributed by atoms with E-state index in [-0.39, 0.29) is 11.5 Å². The molecule has 2 rings (SSSR count). The number of imide groups is 1. The average molecular weight is 335 g/mol. The van der Waals surface area contributed by atoms with Crippen LogP contribution in [-0.4, -0.2) is 34.7 Å². The van der Waals surface area contributed by atoms with Crippen LogP contribution in [0, 0.1) is 0 Å². The Morgan fingerprint density at radius 1 is 1.48 bits per heavy atom. The predicted molar refractivity (Wildman–Crippen MR) is 86.4 cm³/mol. The highest BCUT2D eigenvalue weighted by Crippen LogP contribution is 2.33. The van der Waals surface area contributed by atoms with E-state index in [0.29, 0.717) is 5.76 Å². The molecule has 1 aromatic rings. The van der Waals surface area contributed by atoms with Gasteiger partial charge >= 0.3 is 5.97 Å². The maximum atomic E-state index is 12.4. The molecule has 7 heteroatoms. The molecule has 2 heterocycles. The first-order valence-electron chi connectivity index (χ1n) is 7.09. The van der Waals surface area contributed by atoms with E-state index in [2.05, 4.69) is 0 Å². The number of rotatable bonds is 5.